The van der Waals surface area contributed by atoms with Crippen LogP contribution in [0.1, 0.15) is 43.0 Å². The van der Waals surface area contributed by atoms with E-state index in [-0.39, 0.29) is 24.5 Å². The largest absolute Gasteiger partial charge is 0.513 e. The zero-order valence-corrected chi connectivity index (χ0v) is 18.8. The molecule has 2 aromatic rings. The van der Waals surface area contributed by atoms with Gasteiger partial charge in [-0.2, -0.15) is 0 Å². The van der Waals surface area contributed by atoms with Gasteiger partial charge in [0.1, 0.15) is 11.5 Å². The van der Waals surface area contributed by atoms with E-state index in [0.29, 0.717) is 56.7 Å². The van der Waals surface area contributed by atoms with E-state index in [9.17, 15) is 14.4 Å². The molecular formula is C25H30N2O6. The molecular weight excluding hydrogens is 424 g/mol. The van der Waals surface area contributed by atoms with E-state index in [1.165, 1.54) is 0 Å². The van der Waals surface area contributed by atoms with Crippen LogP contribution in [0.15, 0.2) is 54.6 Å². The Balaban J connectivity index is 1.35. The molecule has 3 rings (SSSR count). The minimum atomic E-state index is -0.778. The summed E-state index contributed by atoms with van der Waals surface area (Å²) >= 11 is 0. The first-order valence-corrected chi connectivity index (χ1v) is 11.3. The quantitative estimate of drug-likeness (QED) is 0.352. The number of benzene rings is 2. The summed E-state index contributed by atoms with van der Waals surface area (Å²) in [6.07, 6.45) is 1.76. The molecule has 1 saturated heterocycles. The van der Waals surface area contributed by atoms with Gasteiger partial charge in [0.25, 0.3) is 5.91 Å². The minimum absolute atomic E-state index is 0.0124. The Morgan fingerprint density at radius 3 is 2.33 bits per heavy atom. The smallest absolute Gasteiger partial charge is 0.494 e. The summed E-state index contributed by atoms with van der Waals surface area (Å²) in [5.41, 5.74) is 0.475. The van der Waals surface area contributed by atoms with Gasteiger partial charge >= 0.3 is 6.16 Å². The first-order chi connectivity index (χ1) is 16.0. The highest BCUT2D eigenvalue weighted by atomic mass is 16.7. The summed E-state index contributed by atoms with van der Waals surface area (Å²) in [6.45, 7) is 3.67. The van der Waals surface area contributed by atoms with E-state index in [4.69, 9.17) is 14.2 Å². The number of carbonyl (C=O) groups excluding carboxylic acids is 3. The molecule has 1 heterocycles. The summed E-state index contributed by atoms with van der Waals surface area (Å²) in [7, 11) is 0. The van der Waals surface area contributed by atoms with Crippen molar-refractivity contribution in [2.45, 2.75) is 38.6 Å². The van der Waals surface area contributed by atoms with Crippen molar-refractivity contribution in [1.82, 2.24) is 10.2 Å². The third-order valence-corrected chi connectivity index (χ3v) is 5.31. The van der Waals surface area contributed by atoms with E-state index >= 15 is 0 Å². The number of nitrogens with zero attached hydrogens (tertiary/aromatic N) is 1. The van der Waals surface area contributed by atoms with Crippen molar-refractivity contribution in [2.24, 2.45) is 0 Å². The van der Waals surface area contributed by atoms with Crippen LogP contribution in [0.25, 0.3) is 0 Å². The van der Waals surface area contributed by atoms with Crippen LogP contribution in [0.2, 0.25) is 0 Å². The third kappa shape index (κ3) is 7.82. The zero-order chi connectivity index (χ0) is 23.5. The molecule has 0 aliphatic carbocycles. The van der Waals surface area contributed by atoms with Crippen molar-refractivity contribution in [1.29, 1.82) is 0 Å². The summed E-state index contributed by atoms with van der Waals surface area (Å²) in [5.74, 6) is 1.04. The predicted octanol–water partition coefficient (Wildman–Crippen LogP) is 3.80. The Hall–Kier alpha value is -3.55. The minimum Gasteiger partial charge on any atom is -0.494 e. The first-order valence-electron chi connectivity index (χ1n) is 11.3. The summed E-state index contributed by atoms with van der Waals surface area (Å²) in [6, 6.07) is 15.9. The molecule has 0 atom stereocenters. The lowest BCUT2D eigenvalue weighted by atomic mass is 10.0. The second kappa shape index (κ2) is 12.5. The lowest BCUT2D eigenvalue weighted by Crippen LogP contribution is -2.46. The van der Waals surface area contributed by atoms with Crippen LogP contribution in [0.3, 0.4) is 0 Å². The van der Waals surface area contributed by atoms with Gasteiger partial charge in [0, 0.05) is 31.1 Å². The van der Waals surface area contributed by atoms with Gasteiger partial charge in [-0.1, -0.05) is 18.2 Å². The average Bonchev–Trinajstić information content (AvgIpc) is 2.83. The summed E-state index contributed by atoms with van der Waals surface area (Å²) < 4.78 is 15.3. The standard InChI is InChI=1S/C25H30N2O6/c1-2-31-25(30)33-22-12-10-19(11-13-22)24(29)26-20-14-16-27(17-15-20)23(28)9-6-18-32-21-7-4-3-5-8-21/h3-5,7-8,10-13,20H,2,6,9,14-18H2,1H3,(H,26,29). The number of piperidine rings is 1. The topological polar surface area (TPSA) is 94.2 Å². The van der Waals surface area contributed by atoms with Crippen molar-refractivity contribution < 1.29 is 28.6 Å². The normalized spacial score (nSPS) is 13.8. The first kappa shape index (κ1) is 24.1. The molecule has 1 fully saturated rings. The fourth-order valence-corrected chi connectivity index (χ4v) is 3.55. The Bertz CT molecular complexity index is 908. The lowest BCUT2D eigenvalue weighted by Gasteiger charge is -2.32. The number of ether oxygens (including phenoxy) is 3. The molecule has 8 heteroatoms. The van der Waals surface area contributed by atoms with Crippen LogP contribution < -0.4 is 14.8 Å². The molecule has 2 aromatic carbocycles. The molecule has 0 spiro atoms. The number of likely N-dealkylation sites (tertiary alicyclic amines) is 1. The van der Waals surface area contributed by atoms with E-state index in [0.717, 1.165) is 5.75 Å². The highest BCUT2D eigenvalue weighted by Crippen LogP contribution is 2.16. The third-order valence-electron chi connectivity index (χ3n) is 5.31. The number of hydrogen-bond acceptors (Lipinski definition) is 6. The zero-order valence-electron chi connectivity index (χ0n) is 18.8. The molecule has 0 aromatic heterocycles. The monoisotopic (exact) mass is 454 g/mol. The molecule has 2 amide bonds. The maximum absolute atomic E-state index is 12.5. The highest BCUT2D eigenvalue weighted by Gasteiger charge is 2.24. The van der Waals surface area contributed by atoms with Crippen molar-refractivity contribution >= 4 is 18.0 Å². The van der Waals surface area contributed by atoms with Crippen LogP contribution in [0, 0.1) is 0 Å². The summed E-state index contributed by atoms with van der Waals surface area (Å²) in [4.78, 5) is 38.2. The van der Waals surface area contributed by atoms with Gasteiger partial charge in [-0.15, -0.1) is 0 Å². The lowest BCUT2D eigenvalue weighted by molar-refractivity contribution is -0.132. The molecule has 0 saturated carbocycles. The van der Waals surface area contributed by atoms with Crippen LogP contribution in [-0.4, -0.2) is 55.2 Å². The molecule has 0 bridgehead atoms. The SMILES string of the molecule is CCOC(=O)Oc1ccc(C(=O)NC2CCN(C(=O)CCCOc3ccccc3)CC2)cc1. The number of carbonyl (C=O) groups is 3. The molecule has 0 unspecified atom stereocenters. The molecule has 1 aliphatic heterocycles. The Kier molecular flexibility index (Phi) is 9.11. The van der Waals surface area contributed by atoms with Gasteiger partial charge in [0.05, 0.1) is 13.2 Å². The van der Waals surface area contributed by atoms with Crippen LogP contribution in [0.5, 0.6) is 11.5 Å². The number of para-hydroxylation sites is 1. The van der Waals surface area contributed by atoms with Gasteiger partial charge in [0.15, 0.2) is 0 Å². The van der Waals surface area contributed by atoms with Crippen molar-refractivity contribution in [2.75, 3.05) is 26.3 Å². The molecule has 1 N–H and O–H groups in total. The molecule has 1 aliphatic rings. The van der Waals surface area contributed by atoms with Crippen LogP contribution >= 0.6 is 0 Å². The maximum Gasteiger partial charge on any atom is 0.513 e. The number of hydrogen-bond donors (Lipinski definition) is 1. The average molecular weight is 455 g/mol. The van der Waals surface area contributed by atoms with E-state index < -0.39 is 6.16 Å². The molecule has 176 valence electrons. The fraction of sp³-hybridized carbons (Fsp3) is 0.400. The second-order valence-electron chi connectivity index (χ2n) is 7.70. The van der Waals surface area contributed by atoms with Crippen LogP contribution in [-0.2, 0) is 9.53 Å². The van der Waals surface area contributed by atoms with Gasteiger partial charge in [-0.25, -0.2) is 4.79 Å². The van der Waals surface area contributed by atoms with Crippen molar-refractivity contribution in [3.05, 3.63) is 60.2 Å². The van der Waals surface area contributed by atoms with E-state index in [1.54, 1.807) is 31.2 Å². The second-order valence-corrected chi connectivity index (χ2v) is 7.70. The summed E-state index contributed by atoms with van der Waals surface area (Å²) in [5, 5.41) is 3.02. The number of rotatable bonds is 9. The Labute approximate surface area is 193 Å². The predicted molar refractivity (Wildman–Crippen MR) is 122 cm³/mol. The van der Waals surface area contributed by atoms with E-state index in [2.05, 4.69) is 5.32 Å². The Morgan fingerprint density at radius 2 is 1.67 bits per heavy atom. The fourth-order valence-electron chi connectivity index (χ4n) is 3.55. The van der Waals surface area contributed by atoms with Crippen molar-refractivity contribution in [3.63, 3.8) is 0 Å². The number of nitrogens with one attached hydrogen (secondary N) is 1. The Morgan fingerprint density at radius 1 is 0.970 bits per heavy atom. The van der Waals surface area contributed by atoms with Crippen molar-refractivity contribution in [3.8, 4) is 11.5 Å². The number of amides is 2. The van der Waals surface area contributed by atoms with Crippen LogP contribution in [0.4, 0.5) is 4.79 Å². The molecule has 8 nitrogen and oxygen atoms in total. The highest BCUT2D eigenvalue weighted by molar-refractivity contribution is 5.94. The molecule has 0 radical (unpaired) electrons. The van der Waals surface area contributed by atoms with Gasteiger partial charge in [-0.05, 0) is 62.6 Å². The van der Waals surface area contributed by atoms with E-state index in [1.807, 2.05) is 35.2 Å². The van der Waals surface area contributed by atoms with Gasteiger partial charge < -0.3 is 24.4 Å². The maximum atomic E-state index is 12.5. The van der Waals surface area contributed by atoms with Gasteiger partial charge in [-0.3, -0.25) is 9.59 Å². The van der Waals surface area contributed by atoms with Gasteiger partial charge in [0.2, 0.25) is 5.91 Å². The molecule has 33 heavy (non-hydrogen) atoms.